The van der Waals surface area contributed by atoms with Crippen LogP contribution in [0.15, 0.2) is 30.5 Å². The number of nitrogens with one attached hydrogen (secondary N) is 3. The fraction of sp³-hybridized carbons (Fsp3) is 0.522. The Hall–Kier alpha value is -2.26. The third-order valence-electron chi connectivity index (χ3n) is 5.72. The molecule has 2 aliphatic rings. The van der Waals surface area contributed by atoms with Gasteiger partial charge in [0.05, 0.1) is 22.9 Å². The Bertz CT molecular complexity index is 949. The van der Waals surface area contributed by atoms with Crippen molar-refractivity contribution in [1.82, 2.24) is 15.3 Å². The fourth-order valence-electron chi connectivity index (χ4n) is 4.11. The van der Waals surface area contributed by atoms with E-state index in [4.69, 9.17) is 26.1 Å². The van der Waals surface area contributed by atoms with Crippen LogP contribution in [0.25, 0.3) is 11.3 Å². The summed E-state index contributed by atoms with van der Waals surface area (Å²) in [6.07, 6.45) is 3.04. The predicted octanol–water partition coefficient (Wildman–Crippen LogP) is 3.34. The Morgan fingerprint density at radius 1 is 1.31 bits per heavy atom. The number of amides is 1. The number of hydrogen-bond donors (Lipinski definition) is 3. The molecule has 8 nitrogen and oxygen atoms in total. The second-order valence-corrected chi connectivity index (χ2v) is 9.27. The van der Waals surface area contributed by atoms with Gasteiger partial charge in [-0.3, -0.25) is 4.79 Å². The van der Waals surface area contributed by atoms with Crippen molar-refractivity contribution in [1.29, 1.82) is 0 Å². The Morgan fingerprint density at radius 2 is 2.19 bits per heavy atom. The zero-order chi connectivity index (χ0) is 22.6. The van der Waals surface area contributed by atoms with Crippen molar-refractivity contribution in [2.24, 2.45) is 5.92 Å². The molecule has 2 fully saturated rings. The van der Waals surface area contributed by atoms with Gasteiger partial charge in [-0.25, -0.2) is 9.97 Å². The van der Waals surface area contributed by atoms with Crippen molar-refractivity contribution >= 4 is 29.1 Å². The Balaban J connectivity index is 1.43. The molecule has 9 heteroatoms. The highest BCUT2D eigenvalue weighted by Crippen LogP contribution is 2.30. The number of ether oxygens (including phenoxy) is 2. The van der Waals surface area contributed by atoms with Crippen molar-refractivity contribution in [3.05, 3.63) is 35.5 Å². The Morgan fingerprint density at radius 3 is 2.97 bits per heavy atom. The minimum absolute atomic E-state index is 0.0794. The van der Waals surface area contributed by atoms with Crippen LogP contribution < -0.4 is 16.0 Å². The van der Waals surface area contributed by atoms with Crippen LogP contribution in [0.3, 0.4) is 0 Å². The number of aromatic nitrogens is 2. The van der Waals surface area contributed by atoms with Gasteiger partial charge < -0.3 is 25.4 Å². The average Bonchev–Trinajstić information content (AvgIpc) is 2.79. The molecule has 2 atom stereocenters. The first-order valence-electron chi connectivity index (χ1n) is 11.0. The topological polar surface area (TPSA) is 97.4 Å². The molecule has 2 aromatic heterocycles. The van der Waals surface area contributed by atoms with Gasteiger partial charge in [-0.05, 0) is 50.8 Å². The number of carbonyl (C=O) groups excluding carboxylic acids is 1. The quantitative estimate of drug-likeness (QED) is 0.609. The van der Waals surface area contributed by atoms with Crippen LogP contribution in [0.5, 0.6) is 0 Å². The molecule has 172 valence electrons. The van der Waals surface area contributed by atoms with E-state index in [1.165, 1.54) is 6.20 Å². The van der Waals surface area contributed by atoms with Crippen molar-refractivity contribution in [3.63, 3.8) is 0 Å². The first-order valence-corrected chi connectivity index (χ1v) is 11.4. The zero-order valence-corrected chi connectivity index (χ0v) is 19.2. The van der Waals surface area contributed by atoms with Crippen molar-refractivity contribution in [2.45, 2.75) is 38.4 Å². The summed E-state index contributed by atoms with van der Waals surface area (Å²) < 4.78 is 11.3. The number of nitrogens with zero attached hydrogens (tertiary/aromatic N) is 2. The van der Waals surface area contributed by atoms with E-state index in [1.807, 2.05) is 18.2 Å². The van der Waals surface area contributed by atoms with Gasteiger partial charge in [-0.15, -0.1) is 0 Å². The Labute approximate surface area is 193 Å². The molecule has 0 aliphatic carbocycles. The summed E-state index contributed by atoms with van der Waals surface area (Å²) in [6.45, 7) is 7.63. The molecule has 4 heterocycles. The van der Waals surface area contributed by atoms with Crippen LogP contribution in [-0.2, 0) is 14.3 Å². The predicted molar refractivity (Wildman–Crippen MR) is 125 cm³/mol. The molecular weight excluding hydrogens is 430 g/mol. The molecule has 2 aliphatic heterocycles. The van der Waals surface area contributed by atoms with Crippen LogP contribution in [0, 0.1) is 5.92 Å². The first kappa shape index (κ1) is 22.9. The second-order valence-electron chi connectivity index (χ2n) is 8.86. The van der Waals surface area contributed by atoms with Crippen LogP contribution in [0.4, 0.5) is 11.6 Å². The SMILES string of the molecule is CC1(C)C[C@H](CNc2cccc(-c3cc(NC(=O)[C@H]4CNCCO4)ncc3Cl)n2)CCO1. The fourth-order valence-corrected chi connectivity index (χ4v) is 4.31. The van der Waals surface area contributed by atoms with E-state index in [2.05, 4.69) is 34.8 Å². The number of anilines is 2. The molecule has 0 saturated carbocycles. The minimum atomic E-state index is -0.537. The largest absolute Gasteiger partial charge is 0.376 e. The van der Waals surface area contributed by atoms with E-state index in [-0.39, 0.29) is 11.5 Å². The van der Waals surface area contributed by atoms with Crippen molar-refractivity contribution in [2.75, 3.05) is 43.5 Å². The maximum absolute atomic E-state index is 12.5. The molecule has 2 saturated heterocycles. The standard InChI is InChI=1S/C23H30ClN5O3/c1-23(2)11-15(6-8-32-23)12-26-20-5-3-4-18(28-20)16-10-21(27-13-17(16)24)29-22(30)19-14-25-7-9-31-19/h3-5,10,13,15,19,25H,6-9,11-12,14H2,1-2H3,(H,26,28)(H,27,29,30)/t15-,19-/m1/s1. The molecule has 0 radical (unpaired) electrons. The normalized spacial score (nSPS) is 22.8. The van der Waals surface area contributed by atoms with Crippen LogP contribution in [-0.4, -0.2) is 60.4 Å². The molecule has 0 unspecified atom stereocenters. The van der Waals surface area contributed by atoms with Gasteiger partial charge >= 0.3 is 0 Å². The third-order valence-corrected chi connectivity index (χ3v) is 6.02. The lowest BCUT2D eigenvalue weighted by Gasteiger charge is -2.35. The lowest BCUT2D eigenvalue weighted by molar-refractivity contribution is -0.128. The van der Waals surface area contributed by atoms with Gasteiger partial charge in [0.1, 0.15) is 17.7 Å². The number of rotatable bonds is 6. The van der Waals surface area contributed by atoms with E-state index in [0.717, 1.165) is 38.4 Å². The van der Waals surface area contributed by atoms with Gasteiger partial charge in [0, 0.05) is 38.0 Å². The van der Waals surface area contributed by atoms with Crippen molar-refractivity contribution < 1.29 is 14.3 Å². The van der Waals surface area contributed by atoms with Gasteiger partial charge in [0.15, 0.2) is 0 Å². The maximum Gasteiger partial charge on any atom is 0.255 e. The number of carbonyl (C=O) groups is 1. The molecule has 0 spiro atoms. The van der Waals surface area contributed by atoms with Gasteiger partial charge in [-0.1, -0.05) is 17.7 Å². The summed E-state index contributed by atoms with van der Waals surface area (Å²) in [5.74, 6) is 1.49. The van der Waals surface area contributed by atoms with Crippen LogP contribution >= 0.6 is 11.6 Å². The minimum Gasteiger partial charge on any atom is -0.376 e. The molecular formula is C23H30ClN5O3. The third kappa shape index (κ3) is 5.95. The number of halogens is 1. The van der Waals surface area contributed by atoms with E-state index < -0.39 is 6.10 Å². The molecule has 3 N–H and O–H groups in total. The highest BCUT2D eigenvalue weighted by molar-refractivity contribution is 6.33. The van der Waals surface area contributed by atoms with E-state index >= 15 is 0 Å². The highest BCUT2D eigenvalue weighted by atomic mass is 35.5. The number of morpholine rings is 1. The summed E-state index contributed by atoms with van der Waals surface area (Å²) in [4.78, 5) is 21.4. The molecule has 4 rings (SSSR count). The molecule has 0 bridgehead atoms. The maximum atomic E-state index is 12.5. The average molecular weight is 460 g/mol. The van der Waals surface area contributed by atoms with E-state index in [9.17, 15) is 4.79 Å². The number of pyridine rings is 2. The molecule has 2 aromatic rings. The lowest BCUT2D eigenvalue weighted by atomic mass is 9.88. The summed E-state index contributed by atoms with van der Waals surface area (Å²) in [5, 5.41) is 9.87. The van der Waals surface area contributed by atoms with Gasteiger partial charge in [0.2, 0.25) is 0 Å². The number of hydrogen-bond acceptors (Lipinski definition) is 7. The molecule has 32 heavy (non-hydrogen) atoms. The van der Waals surface area contributed by atoms with Crippen LogP contribution in [0.1, 0.15) is 26.7 Å². The smallest absolute Gasteiger partial charge is 0.255 e. The van der Waals surface area contributed by atoms with Crippen molar-refractivity contribution in [3.8, 4) is 11.3 Å². The van der Waals surface area contributed by atoms with Crippen LogP contribution in [0.2, 0.25) is 5.02 Å². The second kappa shape index (κ2) is 10.1. The summed E-state index contributed by atoms with van der Waals surface area (Å²) in [6, 6.07) is 7.52. The molecule has 0 aromatic carbocycles. The monoisotopic (exact) mass is 459 g/mol. The first-order chi connectivity index (χ1) is 15.4. The summed E-state index contributed by atoms with van der Waals surface area (Å²) >= 11 is 6.41. The van der Waals surface area contributed by atoms with E-state index in [1.54, 1.807) is 6.07 Å². The Kier molecular flexibility index (Phi) is 7.25. The lowest BCUT2D eigenvalue weighted by Crippen LogP contribution is -2.45. The highest BCUT2D eigenvalue weighted by Gasteiger charge is 2.28. The van der Waals surface area contributed by atoms with Gasteiger partial charge in [0.25, 0.3) is 5.91 Å². The molecule has 1 amide bonds. The van der Waals surface area contributed by atoms with Gasteiger partial charge in [-0.2, -0.15) is 0 Å². The zero-order valence-electron chi connectivity index (χ0n) is 18.5. The summed E-state index contributed by atoms with van der Waals surface area (Å²) in [5.41, 5.74) is 1.33. The summed E-state index contributed by atoms with van der Waals surface area (Å²) in [7, 11) is 0. The van der Waals surface area contributed by atoms with E-state index in [0.29, 0.717) is 41.2 Å².